The summed E-state index contributed by atoms with van der Waals surface area (Å²) in [5.41, 5.74) is 1.01. The maximum Gasteiger partial charge on any atom is 0.191 e. The number of guanidine groups is 1. The molecule has 1 saturated heterocycles. The van der Waals surface area contributed by atoms with Crippen molar-refractivity contribution in [3.8, 4) is 0 Å². The zero-order valence-electron chi connectivity index (χ0n) is 16.7. The summed E-state index contributed by atoms with van der Waals surface area (Å²) in [7, 11) is 7.59. The normalized spacial score (nSPS) is 16.5. The van der Waals surface area contributed by atoms with E-state index < -0.39 is 0 Å². The third-order valence-electron chi connectivity index (χ3n) is 4.66. The van der Waals surface area contributed by atoms with Crippen molar-refractivity contribution in [3.63, 3.8) is 0 Å². The topological polar surface area (TPSA) is 65.0 Å². The summed E-state index contributed by atoms with van der Waals surface area (Å²) in [6.07, 6.45) is 3.39. The van der Waals surface area contributed by atoms with Crippen LogP contribution in [-0.2, 0) is 11.3 Å². The van der Waals surface area contributed by atoms with Gasteiger partial charge in [-0.05, 0) is 31.4 Å². The Kier molecular flexibility index (Phi) is 8.64. The van der Waals surface area contributed by atoms with Crippen molar-refractivity contribution in [2.24, 2.45) is 4.99 Å². The molecule has 1 aromatic rings. The number of hydrogen-bond donors (Lipinski definition) is 2. The van der Waals surface area contributed by atoms with E-state index in [0.29, 0.717) is 12.6 Å². The first-order valence-corrected chi connectivity index (χ1v) is 9.44. The SMILES string of the molecule is CN=C(NCc1cccc(N(C)C)n1)NC1CCN(CCCOC)CC1. The predicted octanol–water partition coefficient (Wildman–Crippen LogP) is 1.31. The molecule has 0 amide bonds. The van der Waals surface area contributed by atoms with Crippen molar-refractivity contribution >= 4 is 11.8 Å². The molecule has 7 nitrogen and oxygen atoms in total. The van der Waals surface area contributed by atoms with Crippen molar-refractivity contribution in [3.05, 3.63) is 23.9 Å². The number of aromatic nitrogens is 1. The number of anilines is 1. The fraction of sp³-hybridized carbons (Fsp3) is 0.684. The Morgan fingerprint density at radius 1 is 1.35 bits per heavy atom. The van der Waals surface area contributed by atoms with Crippen molar-refractivity contribution in [2.45, 2.75) is 31.8 Å². The van der Waals surface area contributed by atoms with Crippen LogP contribution in [0.1, 0.15) is 25.0 Å². The summed E-state index contributed by atoms with van der Waals surface area (Å²) >= 11 is 0. The molecule has 1 fully saturated rings. The fourth-order valence-corrected chi connectivity index (χ4v) is 3.11. The lowest BCUT2D eigenvalue weighted by molar-refractivity contribution is 0.155. The van der Waals surface area contributed by atoms with Gasteiger partial charge >= 0.3 is 0 Å². The number of pyridine rings is 1. The summed E-state index contributed by atoms with van der Waals surface area (Å²) in [6.45, 7) is 4.89. The molecule has 0 aromatic carbocycles. The Bertz CT molecular complexity index is 555. The van der Waals surface area contributed by atoms with E-state index >= 15 is 0 Å². The molecule has 0 saturated carbocycles. The van der Waals surface area contributed by atoms with Gasteiger partial charge in [0.1, 0.15) is 5.82 Å². The molecule has 2 heterocycles. The Hall–Kier alpha value is -1.86. The number of ether oxygens (including phenoxy) is 1. The average molecular weight is 363 g/mol. The molecule has 0 spiro atoms. The van der Waals surface area contributed by atoms with Gasteiger partial charge in [-0.1, -0.05) is 6.07 Å². The number of rotatable bonds is 8. The number of likely N-dealkylation sites (tertiary alicyclic amines) is 1. The molecule has 0 radical (unpaired) electrons. The first kappa shape index (κ1) is 20.5. The Morgan fingerprint density at radius 3 is 2.77 bits per heavy atom. The minimum atomic E-state index is 0.473. The second-order valence-electron chi connectivity index (χ2n) is 6.91. The number of aliphatic imine (C=N–C) groups is 1. The lowest BCUT2D eigenvalue weighted by atomic mass is 10.1. The number of piperidine rings is 1. The average Bonchev–Trinajstić information content (AvgIpc) is 2.66. The van der Waals surface area contributed by atoms with Crippen molar-refractivity contribution in [1.82, 2.24) is 20.5 Å². The molecule has 0 aliphatic carbocycles. The molecule has 7 heteroatoms. The fourth-order valence-electron chi connectivity index (χ4n) is 3.11. The second kappa shape index (κ2) is 11.0. The third kappa shape index (κ3) is 6.80. The van der Waals surface area contributed by atoms with Gasteiger partial charge in [0.15, 0.2) is 5.96 Å². The van der Waals surface area contributed by atoms with Gasteiger partial charge in [0.2, 0.25) is 0 Å². The molecule has 0 bridgehead atoms. The lowest BCUT2D eigenvalue weighted by Crippen LogP contribution is -2.48. The maximum atomic E-state index is 5.13. The van der Waals surface area contributed by atoms with E-state index in [2.05, 4.69) is 25.5 Å². The maximum absolute atomic E-state index is 5.13. The van der Waals surface area contributed by atoms with E-state index in [1.165, 1.54) is 0 Å². The van der Waals surface area contributed by atoms with Crippen LogP contribution in [0.2, 0.25) is 0 Å². The number of nitrogens with one attached hydrogen (secondary N) is 2. The van der Waals surface area contributed by atoms with Gasteiger partial charge in [-0.3, -0.25) is 4.99 Å². The van der Waals surface area contributed by atoms with Crippen LogP contribution in [0.4, 0.5) is 5.82 Å². The smallest absolute Gasteiger partial charge is 0.191 e. The van der Waals surface area contributed by atoms with E-state index in [0.717, 1.165) is 63.0 Å². The number of methoxy groups -OCH3 is 1. The van der Waals surface area contributed by atoms with Gasteiger partial charge in [0.25, 0.3) is 0 Å². The largest absolute Gasteiger partial charge is 0.385 e. The van der Waals surface area contributed by atoms with Crippen molar-refractivity contribution < 1.29 is 4.74 Å². The molecule has 0 atom stereocenters. The highest BCUT2D eigenvalue weighted by Gasteiger charge is 2.19. The quantitative estimate of drug-likeness (QED) is 0.413. The third-order valence-corrected chi connectivity index (χ3v) is 4.66. The highest BCUT2D eigenvalue weighted by molar-refractivity contribution is 5.79. The summed E-state index contributed by atoms with van der Waals surface area (Å²) in [6, 6.07) is 6.55. The Labute approximate surface area is 157 Å². The number of hydrogen-bond acceptors (Lipinski definition) is 5. The van der Waals surface area contributed by atoms with Crippen LogP contribution in [0.5, 0.6) is 0 Å². The monoisotopic (exact) mass is 362 g/mol. The van der Waals surface area contributed by atoms with Gasteiger partial charge in [-0.2, -0.15) is 0 Å². The van der Waals surface area contributed by atoms with Crippen LogP contribution in [0, 0.1) is 0 Å². The van der Waals surface area contributed by atoms with Crippen LogP contribution in [-0.4, -0.2) is 76.4 Å². The van der Waals surface area contributed by atoms with E-state index in [-0.39, 0.29) is 0 Å². The molecular weight excluding hydrogens is 328 g/mol. The molecule has 2 N–H and O–H groups in total. The van der Waals surface area contributed by atoms with Crippen LogP contribution < -0.4 is 15.5 Å². The molecule has 1 aromatic heterocycles. The van der Waals surface area contributed by atoms with Gasteiger partial charge in [-0.25, -0.2) is 4.98 Å². The summed E-state index contributed by atoms with van der Waals surface area (Å²) in [5.74, 6) is 1.81. The summed E-state index contributed by atoms with van der Waals surface area (Å²) in [5, 5.41) is 6.93. The van der Waals surface area contributed by atoms with Gasteiger partial charge in [0, 0.05) is 60.5 Å². The minimum absolute atomic E-state index is 0.473. The summed E-state index contributed by atoms with van der Waals surface area (Å²) < 4.78 is 5.13. The second-order valence-corrected chi connectivity index (χ2v) is 6.91. The predicted molar refractivity (Wildman–Crippen MR) is 108 cm³/mol. The van der Waals surface area contributed by atoms with Crippen molar-refractivity contribution in [2.75, 3.05) is 59.4 Å². The minimum Gasteiger partial charge on any atom is -0.385 e. The Morgan fingerprint density at radius 2 is 2.12 bits per heavy atom. The van der Waals surface area contributed by atoms with Gasteiger partial charge in [-0.15, -0.1) is 0 Å². The molecule has 0 unspecified atom stereocenters. The number of nitrogens with zero attached hydrogens (tertiary/aromatic N) is 4. The van der Waals surface area contributed by atoms with Crippen LogP contribution in [0.3, 0.4) is 0 Å². The van der Waals surface area contributed by atoms with Crippen molar-refractivity contribution in [1.29, 1.82) is 0 Å². The highest BCUT2D eigenvalue weighted by atomic mass is 16.5. The standard InChI is InChI=1S/C19H34N6O/c1-20-19(21-15-17-7-5-8-18(22-17)24(2)3)23-16-9-12-25(13-10-16)11-6-14-26-4/h5,7-8,16H,6,9-15H2,1-4H3,(H2,20,21,23). The first-order chi connectivity index (χ1) is 12.6. The van der Waals surface area contributed by atoms with E-state index in [9.17, 15) is 0 Å². The van der Waals surface area contributed by atoms with E-state index in [1.807, 2.05) is 44.2 Å². The molecule has 146 valence electrons. The van der Waals surface area contributed by atoms with E-state index in [1.54, 1.807) is 7.11 Å². The molecule has 26 heavy (non-hydrogen) atoms. The van der Waals surface area contributed by atoms with Crippen LogP contribution in [0.15, 0.2) is 23.2 Å². The summed E-state index contributed by atoms with van der Waals surface area (Å²) in [4.78, 5) is 13.5. The van der Waals surface area contributed by atoms with Gasteiger partial charge in [0.05, 0.1) is 12.2 Å². The molecule has 1 aliphatic rings. The zero-order chi connectivity index (χ0) is 18.8. The molecule has 2 rings (SSSR count). The Balaban J connectivity index is 1.74. The molecule has 1 aliphatic heterocycles. The first-order valence-electron chi connectivity index (χ1n) is 9.44. The van der Waals surface area contributed by atoms with Crippen LogP contribution in [0.25, 0.3) is 0 Å². The highest BCUT2D eigenvalue weighted by Crippen LogP contribution is 2.11. The van der Waals surface area contributed by atoms with E-state index in [4.69, 9.17) is 4.74 Å². The van der Waals surface area contributed by atoms with Gasteiger partial charge < -0.3 is 25.2 Å². The molecular formula is C19H34N6O. The zero-order valence-corrected chi connectivity index (χ0v) is 16.7. The van der Waals surface area contributed by atoms with Crippen LogP contribution >= 0.6 is 0 Å². The lowest BCUT2D eigenvalue weighted by Gasteiger charge is -2.33.